The Hall–Kier alpha value is -4.73. The maximum atomic E-state index is 15.2. The first-order valence-corrected chi connectivity index (χ1v) is 12.4. The number of imidazole rings is 1. The second kappa shape index (κ2) is 10.0. The van der Waals surface area contributed by atoms with Crippen LogP contribution in [0.3, 0.4) is 0 Å². The molecule has 3 heterocycles. The fraction of sp³-hybridized carbons (Fsp3) is 0.286. The summed E-state index contributed by atoms with van der Waals surface area (Å²) in [7, 11) is 0. The number of carbonyl (C=O) groups excluding carboxylic acids is 3. The van der Waals surface area contributed by atoms with Gasteiger partial charge in [0.05, 0.1) is 6.42 Å². The van der Waals surface area contributed by atoms with Crippen molar-refractivity contribution in [2.45, 2.75) is 38.5 Å². The third-order valence-electron chi connectivity index (χ3n) is 6.97. The van der Waals surface area contributed by atoms with Crippen LogP contribution in [0.15, 0.2) is 48.7 Å². The number of aromatic nitrogens is 2. The number of urea groups is 1. The molecule has 0 spiro atoms. The highest BCUT2D eigenvalue weighted by Crippen LogP contribution is 2.38. The number of piperazine rings is 1. The number of amides is 4. The predicted molar refractivity (Wildman–Crippen MR) is 137 cm³/mol. The fourth-order valence-corrected chi connectivity index (χ4v) is 4.96. The summed E-state index contributed by atoms with van der Waals surface area (Å²) in [4.78, 5) is 46.7. The number of nitrogens with zero attached hydrogens (tertiary/aromatic N) is 5. The number of rotatable bonds is 3. The Kier molecular flexibility index (Phi) is 6.81. The highest BCUT2D eigenvalue weighted by atomic mass is 19.4. The van der Waals surface area contributed by atoms with Gasteiger partial charge in [-0.1, -0.05) is 30.0 Å². The molecular weight excluding hydrogens is 549 g/mol. The summed E-state index contributed by atoms with van der Waals surface area (Å²) < 4.78 is 69.9. The van der Waals surface area contributed by atoms with Crippen LogP contribution in [0.25, 0.3) is 0 Å². The van der Waals surface area contributed by atoms with E-state index in [2.05, 4.69) is 16.8 Å². The summed E-state index contributed by atoms with van der Waals surface area (Å²) in [6.07, 6.45) is -4.06. The van der Waals surface area contributed by atoms with Crippen molar-refractivity contribution >= 4 is 29.4 Å². The molecule has 0 radical (unpaired) electrons. The number of hydrogen-bond donors (Lipinski definition) is 0. The van der Waals surface area contributed by atoms with Crippen molar-refractivity contribution in [1.29, 1.82) is 0 Å². The summed E-state index contributed by atoms with van der Waals surface area (Å²) in [6, 6.07) is 9.44. The quantitative estimate of drug-likeness (QED) is 0.345. The monoisotopic (exact) mass is 571 g/mol. The molecule has 0 N–H and O–H groups in total. The third-order valence-corrected chi connectivity index (χ3v) is 6.97. The maximum Gasteiger partial charge on any atom is 0.406 e. The van der Waals surface area contributed by atoms with E-state index in [4.69, 9.17) is 0 Å². The first kappa shape index (κ1) is 27.8. The van der Waals surface area contributed by atoms with Crippen LogP contribution in [-0.2, 0) is 16.1 Å². The van der Waals surface area contributed by atoms with E-state index >= 15 is 8.78 Å². The minimum absolute atomic E-state index is 0.0154. The molecule has 212 valence electrons. The smallest absolute Gasteiger partial charge is 0.324 e. The lowest BCUT2D eigenvalue weighted by Gasteiger charge is -2.51. The van der Waals surface area contributed by atoms with Gasteiger partial charge in [0, 0.05) is 30.4 Å². The van der Waals surface area contributed by atoms with Gasteiger partial charge >= 0.3 is 12.2 Å². The first-order chi connectivity index (χ1) is 19.3. The Labute approximate surface area is 231 Å². The van der Waals surface area contributed by atoms with Crippen LogP contribution >= 0.6 is 0 Å². The van der Waals surface area contributed by atoms with Gasteiger partial charge in [-0.2, -0.15) is 13.2 Å². The molecule has 2 fully saturated rings. The number of fused-ring (bicyclic) bond motifs is 1. The van der Waals surface area contributed by atoms with Crippen molar-refractivity contribution in [2.24, 2.45) is 0 Å². The molecule has 3 aromatic rings. The topological polar surface area (TPSA) is 78.8 Å². The average Bonchev–Trinajstić information content (AvgIpc) is 3.24. The molecule has 1 atom stereocenters. The van der Waals surface area contributed by atoms with Crippen LogP contribution < -0.4 is 9.80 Å². The molecule has 13 heteroatoms. The number of carbonyl (C=O) groups is 3. The Morgan fingerprint density at radius 2 is 1.61 bits per heavy atom. The SMILES string of the molecule is Cc1nc(N2CCN3C(=O)N(c4c(F)cc(C#Cc5ccccc5)cc4F)C(=O)C[C@@]3(C)C2=O)cn1CC(F)(F)F. The Morgan fingerprint density at radius 3 is 2.24 bits per heavy atom. The lowest BCUT2D eigenvalue weighted by Crippen LogP contribution is -2.73. The van der Waals surface area contributed by atoms with Gasteiger partial charge in [-0.3, -0.25) is 14.5 Å². The van der Waals surface area contributed by atoms with Gasteiger partial charge < -0.3 is 9.47 Å². The van der Waals surface area contributed by atoms with E-state index in [0.717, 1.165) is 32.7 Å². The molecule has 2 aliphatic rings. The van der Waals surface area contributed by atoms with Gasteiger partial charge in [-0.25, -0.2) is 23.5 Å². The molecule has 41 heavy (non-hydrogen) atoms. The molecule has 0 saturated carbocycles. The Bertz CT molecular complexity index is 1600. The van der Waals surface area contributed by atoms with E-state index in [1.807, 2.05) is 0 Å². The molecule has 2 aromatic carbocycles. The van der Waals surface area contributed by atoms with Gasteiger partial charge in [-0.05, 0) is 38.1 Å². The van der Waals surface area contributed by atoms with E-state index in [0.29, 0.717) is 10.5 Å². The standard InChI is InChI=1S/C28H22F5N5O3/c1-17-34-22(15-35(17)16-28(31,32)33)36-10-11-37-26(41)38(23(39)14-27(37,2)25(36)40)24-20(29)12-19(13-21(24)30)9-8-18-6-4-3-5-7-18/h3-7,12-13,15H,10-11,14,16H2,1-2H3/t27-/m0/s1. The van der Waals surface area contributed by atoms with Gasteiger partial charge in [0.15, 0.2) is 17.5 Å². The van der Waals surface area contributed by atoms with Gasteiger partial charge in [0.1, 0.15) is 23.6 Å². The number of anilines is 2. The van der Waals surface area contributed by atoms with Crippen LogP contribution in [0.2, 0.25) is 0 Å². The van der Waals surface area contributed by atoms with Crippen LogP contribution in [0.5, 0.6) is 0 Å². The van der Waals surface area contributed by atoms with Crippen molar-refractivity contribution in [3.05, 3.63) is 77.2 Å². The summed E-state index contributed by atoms with van der Waals surface area (Å²) in [5, 5.41) is 0. The number of imide groups is 1. The van der Waals surface area contributed by atoms with Crippen LogP contribution in [0.1, 0.15) is 30.3 Å². The minimum atomic E-state index is -4.51. The van der Waals surface area contributed by atoms with Crippen molar-refractivity contribution in [1.82, 2.24) is 14.5 Å². The number of halogens is 5. The summed E-state index contributed by atoms with van der Waals surface area (Å²) in [6.45, 7) is 1.04. The Morgan fingerprint density at radius 1 is 0.976 bits per heavy atom. The van der Waals surface area contributed by atoms with Gasteiger partial charge in [0.25, 0.3) is 5.91 Å². The van der Waals surface area contributed by atoms with E-state index in [1.165, 1.54) is 13.8 Å². The lowest BCUT2D eigenvalue weighted by atomic mass is 9.88. The maximum absolute atomic E-state index is 15.2. The molecular formula is C28H22F5N5O3. The van der Waals surface area contributed by atoms with Crippen molar-refractivity contribution in [3.8, 4) is 11.8 Å². The molecule has 5 rings (SSSR count). The minimum Gasteiger partial charge on any atom is -0.324 e. The summed E-state index contributed by atoms with van der Waals surface area (Å²) in [5.41, 5.74) is -2.04. The highest BCUT2D eigenvalue weighted by molar-refractivity contribution is 6.20. The fourth-order valence-electron chi connectivity index (χ4n) is 4.96. The third kappa shape index (κ3) is 5.13. The van der Waals surface area contributed by atoms with Gasteiger partial charge in [0.2, 0.25) is 5.91 Å². The molecule has 0 aliphatic carbocycles. The Balaban J connectivity index is 1.41. The van der Waals surface area contributed by atoms with Crippen LogP contribution in [0.4, 0.5) is 38.3 Å². The molecule has 0 unspecified atom stereocenters. The molecule has 4 amide bonds. The molecule has 8 nitrogen and oxygen atoms in total. The number of aryl methyl sites for hydroxylation is 1. The molecule has 1 aromatic heterocycles. The zero-order chi connectivity index (χ0) is 29.7. The normalized spacial score (nSPS) is 19.3. The van der Waals surface area contributed by atoms with Gasteiger partial charge in [-0.15, -0.1) is 0 Å². The number of benzene rings is 2. The summed E-state index contributed by atoms with van der Waals surface area (Å²) >= 11 is 0. The largest absolute Gasteiger partial charge is 0.406 e. The zero-order valence-corrected chi connectivity index (χ0v) is 21.8. The number of alkyl halides is 3. The number of hydrogen-bond acceptors (Lipinski definition) is 4. The average molecular weight is 572 g/mol. The van der Waals surface area contributed by atoms with E-state index in [1.54, 1.807) is 30.3 Å². The lowest BCUT2D eigenvalue weighted by molar-refractivity contribution is -0.141. The highest BCUT2D eigenvalue weighted by Gasteiger charge is 2.56. The molecule has 2 saturated heterocycles. The summed E-state index contributed by atoms with van der Waals surface area (Å²) in [5.74, 6) is 1.20. The van der Waals surface area contributed by atoms with Crippen LogP contribution in [-0.4, -0.2) is 57.1 Å². The van der Waals surface area contributed by atoms with Crippen molar-refractivity contribution < 1.29 is 36.3 Å². The van der Waals surface area contributed by atoms with E-state index in [-0.39, 0.29) is 30.3 Å². The van der Waals surface area contributed by atoms with E-state index in [9.17, 15) is 27.6 Å². The van der Waals surface area contributed by atoms with Crippen molar-refractivity contribution in [2.75, 3.05) is 22.9 Å². The zero-order valence-electron chi connectivity index (χ0n) is 21.8. The van der Waals surface area contributed by atoms with Crippen LogP contribution in [0, 0.1) is 30.4 Å². The second-order valence-electron chi connectivity index (χ2n) is 9.86. The molecule has 2 aliphatic heterocycles. The predicted octanol–water partition coefficient (Wildman–Crippen LogP) is 4.40. The second-order valence-corrected chi connectivity index (χ2v) is 9.86. The first-order valence-electron chi connectivity index (χ1n) is 12.4. The van der Waals surface area contributed by atoms with E-state index < -0.39 is 59.8 Å². The molecule has 0 bridgehead atoms. The van der Waals surface area contributed by atoms with Crippen molar-refractivity contribution in [3.63, 3.8) is 0 Å².